The second kappa shape index (κ2) is 8.49. The monoisotopic (exact) mass is 376 g/mol. The summed E-state index contributed by atoms with van der Waals surface area (Å²) in [5, 5.41) is -0.124. The lowest BCUT2D eigenvalue weighted by molar-refractivity contribution is -0.135. The molecule has 0 aliphatic heterocycles. The Labute approximate surface area is 132 Å². The molecule has 0 N–H and O–H groups in total. The van der Waals surface area contributed by atoms with E-state index in [4.69, 9.17) is 13.8 Å². The molecular formula is C14H18BrO5P. The molecule has 5 nitrogen and oxygen atoms in total. The van der Waals surface area contributed by atoms with Gasteiger partial charge in [-0.1, -0.05) is 34.1 Å². The van der Waals surface area contributed by atoms with Crippen molar-refractivity contribution in [3.8, 4) is 0 Å². The van der Waals surface area contributed by atoms with E-state index in [0.717, 1.165) is 4.47 Å². The van der Waals surface area contributed by atoms with Crippen LogP contribution in [-0.2, 0) is 23.1 Å². The molecule has 0 spiro atoms. The van der Waals surface area contributed by atoms with Crippen molar-refractivity contribution in [2.24, 2.45) is 0 Å². The molecule has 0 amide bonds. The number of hydrogen-bond acceptors (Lipinski definition) is 5. The van der Waals surface area contributed by atoms with Crippen molar-refractivity contribution in [1.82, 2.24) is 0 Å². The van der Waals surface area contributed by atoms with Crippen LogP contribution in [0.15, 0.2) is 34.1 Å². The van der Waals surface area contributed by atoms with Gasteiger partial charge in [-0.3, -0.25) is 4.57 Å². The van der Waals surface area contributed by atoms with E-state index in [1.165, 1.54) is 13.2 Å². The summed E-state index contributed by atoms with van der Waals surface area (Å²) in [5.74, 6) is -0.740. The summed E-state index contributed by atoms with van der Waals surface area (Å²) >= 11 is 3.37. The van der Waals surface area contributed by atoms with E-state index in [-0.39, 0.29) is 18.5 Å². The molecule has 0 aliphatic carbocycles. The Morgan fingerprint density at radius 1 is 1.24 bits per heavy atom. The van der Waals surface area contributed by atoms with Crippen LogP contribution in [0.2, 0.25) is 0 Å². The average Bonchev–Trinajstić information content (AvgIpc) is 2.46. The quantitative estimate of drug-likeness (QED) is 0.404. The highest BCUT2D eigenvalue weighted by Crippen LogP contribution is 2.57. The van der Waals surface area contributed by atoms with Crippen LogP contribution in [0.5, 0.6) is 0 Å². The molecule has 0 unspecified atom stereocenters. The fourth-order valence-electron chi connectivity index (χ4n) is 1.61. The summed E-state index contributed by atoms with van der Waals surface area (Å²) in [6.07, 6.45) is 1.46. The van der Waals surface area contributed by atoms with Gasteiger partial charge in [-0.15, -0.1) is 0 Å². The Kier molecular flexibility index (Phi) is 7.32. The molecule has 0 saturated heterocycles. The third-order valence-corrected chi connectivity index (χ3v) is 5.31. The van der Waals surface area contributed by atoms with E-state index in [0.29, 0.717) is 5.56 Å². The molecular weight excluding hydrogens is 359 g/mol. The van der Waals surface area contributed by atoms with Crippen LogP contribution in [0.25, 0.3) is 6.08 Å². The van der Waals surface area contributed by atoms with Crippen molar-refractivity contribution in [2.75, 3.05) is 20.3 Å². The number of carbonyl (C=O) groups excluding carboxylic acids is 1. The molecule has 116 valence electrons. The van der Waals surface area contributed by atoms with E-state index in [9.17, 15) is 9.36 Å². The number of methoxy groups -OCH3 is 1. The second-order valence-corrected chi connectivity index (χ2v) is 6.72. The van der Waals surface area contributed by atoms with Crippen LogP contribution in [0.3, 0.4) is 0 Å². The summed E-state index contributed by atoms with van der Waals surface area (Å²) in [7, 11) is -2.50. The van der Waals surface area contributed by atoms with Gasteiger partial charge >= 0.3 is 13.6 Å². The van der Waals surface area contributed by atoms with E-state index in [2.05, 4.69) is 15.9 Å². The number of rotatable bonds is 7. The molecule has 7 heteroatoms. The molecule has 0 radical (unpaired) electrons. The minimum absolute atomic E-state index is 0.124. The Morgan fingerprint density at radius 2 is 1.81 bits per heavy atom. The Balaban J connectivity index is 3.38. The fraction of sp³-hybridized carbons (Fsp3) is 0.357. The second-order valence-electron chi connectivity index (χ2n) is 3.88. The van der Waals surface area contributed by atoms with Crippen molar-refractivity contribution in [3.05, 3.63) is 39.6 Å². The molecule has 0 fully saturated rings. The largest absolute Gasteiger partial charge is 0.465 e. The highest BCUT2D eigenvalue weighted by Gasteiger charge is 2.35. The van der Waals surface area contributed by atoms with Gasteiger partial charge in [0.15, 0.2) is 0 Å². The van der Waals surface area contributed by atoms with Gasteiger partial charge in [0.2, 0.25) is 0 Å². The van der Waals surface area contributed by atoms with Gasteiger partial charge < -0.3 is 13.8 Å². The van der Waals surface area contributed by atoms with Crippen LogP contribution in [-0.4, -0.2) is 26.3 Å². The number of carbonyl (C=O) groups is 1. The zero-order valence-corrected chi connectivity index (χ0v) is 14.6. The van der Waals surface area contributed by atoms with Crippen molar-refractivity contribution in [2.45, 2.75) is 13.8 Å². The smallest absolute Gasteiger partial charge is 0.368 e. The van der Waals surface area contributed by atoms with E-state index >= 15 is 0 Å². The molecule has 1 rings (SSSR count). The van der Waals surface area contributed by atoms with Crippen LogP contribution in [0.4, 0.5) is 0 Å². The molecule has 0 aromatic heterocycles. The number of benzene rings is 1. The third kappa shape index (κ3) is 4.78. The molecule has 1 aromatic carbocycles. The van der Waals surface area contributed by atoms with Gasteiger partial charge in [-0.25, -0.2) is 4.79 Å². The number of halogens is 1. The van der Waals surface area contributed by atoms with Gasteiger partial charge in [0.05, 0.1) is 20.3 Å². The summed E-state index contributed by atoms with van der Waals surface area (Å²) in [5.41, 5.74) is 0.678. The lowest BCUT2D eigenvalue weighted by atomic mass is 10.2. The Morgan fingerprint density at radius 3 is 2.29 bits per heavy atom. The fourth-order valence-corrected chi connectivity index (χ4v) is 3.65. The van der Waals surface area contributed by atoms with Crippen molar-refractivity contribution < 1.29 is 23.1 Å². The Hall–Kier alpha value is -0.940. The van der Waals surface area contributed by atoms with Gasteiger partial charge in [0, 0.05) is 4.47 Å². The zero-order chi connectivity index (χ0) is 15.9. The normalized spacial score (nSPS) is 12.3. The molecule has 0 atom stereocenters. The maximum Gasteiger partial charge on any atom is 0.368 e. The van der Waals surface area contributed by atoms with Crippen molar-refractivity contribution in [1.29, 1.82) is 0 Å². The first-order valence-electron chi connectivity index (χ1n) is 6.42. The number of ether oxygens (including phenoxy) is 1. The van der Waals surface area contributed by atoms with Crippen molar-refractivity contribution >= 4 is 35.6 Å². The average molecular weight is 377 g/mol. The first-order valence-corrected chi connectivity index (χ1v) is 8.76. The SMILES string of the molecule is CCOP(=O)(OCC)/C(=C/c1ccccc1Br)C(=O)OC. The van der Waals surface area contributed by atoms with Crippen molar-refractivity contribution in [3.63, 3.8) is 0 Å². The van der Waals surface area contributed by atoms with E-state index in [1.807, 2.05) is 12.1 Å². The van der Waals surface area contributed by atoms with E-state index < -0.39 is 13.6 Å². The van der Waals surface area contributed by atoms with E-state index in [1.54, 1.807) is 26.0 Å². The lowest BCUT2D eigenvalue weighted by Gasteiger charge is -2.18. The topological polar surface area (TPSA) is 61.8 Å². The predicted octanol–water partition coefficient (Wildman–Crippen LogP) is 4.23. The van der Waals surface area contributed by atoms with Gasteiger partial charge in [-0.05, 0) is 31.6 Å². The first kappa shape index (κ1) is 18.1. The minimum atomic E-state index is -3.72. The molecule has 1 aromatic rings. The molecule has 0 saturated carbocycles. The lowest BCUT2D eigenvalue weighted by Crippen LogP contribution is -2.09. The number of esters is 1. The maximum atomic E-state index is 12.8. The highest BCUT2D eigenvalue weighted by molar-refractivity contribution is 9.10. The number of hydrogen-bond donors (Lipinski definition) is 0. The van der Waals surface area contributed by atoms with Gasteiger partial charge in [-0.2, -0.15) is 0 Å². The first-order chi connectivity index (χ1) is 9.98. The summed E-state index contributed by atoms with van der Waals surface area (Å²) in [6, 6.07) is 7.23. The van der Waals surface area contributed by atoms with Gasteiger partial charge in [0.1, 0.15) is 5.31 Å². The molecule has 0 aliphatic rings. The summed E-state index contributed by atoms with van der Waals surface area (Å²) in [4.78, 5) is 12.0. The van der Waals surface area contributed by atoms with Gasteiger partial charge in [0.25, 0.3) is 0 Å². The predicted molar refractivity (Wildman–Crippen MR) is 85.0 cm³/mol. The standard InChI is InChI=1S/C14H18BrO5P/c1-4-19-21(17,20-5-2)13(14(16)18-3)10-11-8-6-7-9-12(11)15/h6-10H,4-5H2,1-3H3/b13-10+. The van der Waals surface area contributed by atoms with Crippen LogP contribution in [0.1, 0.15) is 19.4 Å². The summed E-state index contributed by atoms with van der Waals surface area (Å²) < 4.78 is 28.7. The van der Waals surface area contributed by atoms with Crippen LogP contribution < -0.4 is 0 Å². The molecule has 0 bridgehead atoms. The molecule has 0 heterocycles. The third-order valence-electron chi connectivity index (χ3n) is 2.49. The maximum absolute atomic E-state index is 12.8. The molecule has 21 heavy (non-hydrogen) atoms. The highest BCUT2D eigenvalue weighted by atomic mass is 79.9. The Bertz CT molecular complexity index is 560. The van der Waals surface area contributed by atoms with Crippen LogP contribution >= 0.6 is 23.5 Å². The minimum Gasteiger partial charge on any atom is -0.465 e. The van der Waals surface area contributed by atoms with Crippen LogP contribution in [0, 0.1) is 0 Å². The zero-order valence-electron chi connectivity index (χ0n) is 12.2. The summed E-state index contributed by atoms with van der Waals surface area (Å²) in [6.45, 7) is 3.67.